The van der Waals surface area contributed by atoms with Crippen LogP contribution in [0.15, 0.2) is 59.6 Å². The van der Waals surface area contributed by atoms with Gasteiger partial charge in [-0.15, -0.1) is 0 Å². The SMILES string of the molecule is Cn1ccc(-c2nc(N)c(C(=O)c3ccon3)nc2-c2cc(Cl)c3ncccc3c2)n1. The zero-order chi connectivity index (χ0) is 21.5. The zero-order valence-electron chi connectivity index (χ0n) is 16.2. The number of hydrogen-bond acceptors (Lipinski definition) is 8. The lowest BCUT2D eigenvalue weighted by molar-refractivity contribution is 0.102. The predicted molar refractivity (Wildman–Crippen MR) is 114 cm³/mol. The van der Waals surface area contributed by atoms with Gasteiger partial charge in [0.15, 0.2) is 17.2 Å². The second-order valence-electron chi connectivity index (χ2n) is 6.78. The smallest absolute Gasteiger partial charge is 0.237 e. The van der Waals surface area contributed by atoms with Crippen LogP contribution in [0.3, 0.4) is 0 Å². The summed E-state index contributed by atoms with van der Waals surface area (Å²) in [6, 6.07) is 10.5. The molecule has 31 heavy (non-hydrogen) atoms. The molecule has 4 aromatic heterocycles. The number of halogens is 1. The Hall–Kier alpha value is -4.11. The quantitative estimate of drug-likeness (QED) is 0.428. The molecule has 0 spiro atoms. The normalized spacial score (nSPS) is 11.2. The lowest BCUT2D eigenvalue weighted by Crippen LogP contribution is -2.12. The van der Waals surface area contributed by atoms with Gasteiger partial charge in [-0.05, 0) is 24.3 Å². The van der Waals surface area contributed by atoms with Crippen LogP contribution in [-0.4, -0.2) is 35.7 Å². The van der Waals surface area contributed by atoms with E-state index in [1.807, 2.05) is 18.2 Å². The Morgan fingerprint density at radius 3 is 2.77 bits per heavy atom. The summed E-state index contributed by atoms with van der Waals surface area (Å²) in [7, 11) is 1.79. The summed E-state index contributed by atoms with van der Waals surface area (Å²) in [6.07, 6.45) is 4.75. The van der Waals surface area contributed by atoms with Crippen molar-refractivity contribution >= 4 is 34.1 Å². The third-order valence-corrected chi connectivity index (χ3v) is 4.98. The molecule has 0 unspecified atom stereocenters. The number of anilines is 1. The topological polar surface area (TPSA) is 126 Å². The maximum absolute atomic E-state index is 12.9. The Morgan fingerprint density at radius 2 is 2.03 bits per heavy atom. The molecule has 0 aliphatic heterocycles. The molecule has 1 aromatic carbocycles. The van der Waals surface area contributed by atoms with Crippen molar-refractivity contribution in [2.45, 2.75) is 0 Å². The van der Waals surface area contributed by atoms with Gasteiger partial charge in [-0.3, -0.25) is 14.5 Å². The first-order chi connectivity index (χ1) is 15.0. The number of pyridine rings is 1. The summed E-state index contributed by atoms with van der Waals surface area (Å²) in [4.78, 5) is 26.3. The third-order valence-electron chi connectivity index (χ3n) is 4.70. The summed E-state index contributed by atoms with van der Waals surface area (Å²) in [6.45, 7) is 0. The van der Waals surface area contributed by atoms with Crippen LogP contribution in [0.1, 0.15) is 16.2 Å². The first-order valence-corrected chi connectivity index (χ1v) is 9.56. The van der Waals surface area contributed by atoms with Gasteiger partial charge in [-0.1, -0.05) is 22.8 Å². The van der Waals surface area contributed by atoms with E-state index in [0.717, 1.165) is 5.39 Å². The monoisotopic (exact) mass is 431 g/mol. The number of ketones is 1. The third kappa shape index (κ3) is 3.30. The Kier molecular flexibility index (Phi) is 4.45. The van der Waals surface area contributed by atoms with E-state index in [4.69, 9.17) is 21.9 Å². The van der Waals surface area contributed by atoms with Gasteiger partial charge in [0.2, 0.25) is 5.78 Å². The summed E-state index contributed by atoms with van der Waals surface area (Å²) >= 11 is 6.48. The maximum Gasteiger partial charge on any atom is 0.237 e. The van der Waals surface area contributed by atoms with Gasteiger partial charge in [0.1, 0.15) is 17.7 Å². The number of hydrogen-bond donors (Lipinski definition) is 1. The van der Waals surface area contributed by atoms with E-state index in [0.29, 0.717) is 33.2 Å². The van der Waals surface area contributed by atoms with Crippen LogP contribution in [0.5, 0.6) is 0 Å². The standard InChI is InChI=1S/C21H14ClN7O2/c1-29-7-4-14(27-29)18-17(12-9-11-3-2-6-24-16(11)13(22)10-12)25-19(21(23)26-18)20(30)15-5-8-31-28-15/h2-10H,1H3,(H2,23,26). The fraction of sp³-hybridized carbons (Fsp3) is 0.0476. The minimum atomic E-state index is -0.499. The van der Waals surface area contributed by atoms with Crippen LogP contribution in [-0.2, 0) is 7.05 Å². The fourth-order valence-electron chi connectivity index (χ4n) is 3.27. The second kappa shape index (κ2) is 7.29. The Bertz CT molecular complexity index is 1440. The molecule has 0 aliphatic carbocycles. The Balaban J connectivity index is 1.77. The van der Waals surface area contributed by atoms with Crippen molar-refractivity contribution in [3.05, 3.63) is 71.5 Å². The van der Waals surface area contributed by atoms with E-state index in [9.17, 15) is 4.79 Å². The van der Waals surface area contributed by atoms with Gasteiger partial charge >= 0.3 is 0 Å². The molecule has 10 heteroatoms. The van der Waals surface area contributed by atoms with E-state index in [1.54, 1.807) is 36.3 Å². The van der Waals surface area contributed by atoms with Gasteiger partial charge in [0.25, 0.3) is 0 Å². The molecule has 5 aromatic rings. The van der Waals surface area contributed by atoms with Crippen LogP contribution in [0, 0.1) is 0 Å². The molecule has 0 fully saturated rings. The summed E-state index contributed by atoms with van der Waals surface area (Å²) in [5, 5.41) is 9.37. The summed E-state index contributed by atoms with van der Waals surface area (Å²) in [5.74, 6) is -0.535. The largest absolute Gasteiger partial charge is 0.382 e. The molecule has 9 nitrogen and oxygen atoms in total. The number of nitrogens with zero attached hydrogens (tertiary/aromatic N) is 6. The minimum absolute atomic E-state index is 0.0361. The molecule has 0 bridgehead atoms. The first-order valence-electron chi connectivity index (χ1n) is 9.18. The highest BCUT2D eigenvalue weighted by Crippen LogP contribution is 2.34. The maximum atomic E-state index is 12.9. The fourth-order valence-corrected chi connectivity index (χ4v) is 3.55. The average molecular weight is 432 g/mol. The number of aryl methyl sites for hydroxylation is 1. The molecule has 5 rings (SSSR count). The second-order valence-corrected chi connectivity index (χ2v) is 7.18. The molecule has 0 amide bonds. The van der Waals surface area contributed by atoms with Gasteiger partial charge in [-0.25, -0.2) is 9.97 Å². The number of carbonyl (C=O) groups is 1. The van der Waals surface area contributed by atoms with Gasteiger partial charge in [0, 0.05) is 36.5 Å². The number of aromatic nitrogens is 6. The van der Waals surface area contributed by atoms with E-state index >= 15 is 0 Å². The zero-order valence-corrected chi connectivity index (χ0v) is 16.9. The molecule has 0 aliphatic rings. The molecule has 0 saturated carbocycles. The van der Waals surface area contributed by atoms with E-state index < -0.39 is 5.78 Å². The summed E-state index contributed by atoms with van der Waals surface area (Å²) in [5.41, 5.74) is 8.86. The lowest BCUT2D eigenvalue weighted by Gasteiger charge is -2.12. The van der Waals surface area contributed by atoms with Gasteiger partial charge in [0.05, 0.1) is 16.2 Å². The molecule has 0 saturated heterocycles. The van der Waals surface area contributed by atoms with E-state index in [1.165, 1.54) is 12.3 Å². The lowest BCUT2D eigenvalue weighted by atomic mass is 10.0. The number of rotatable bonds is 4. The van der Waals surface area contributed by atoms with Crippen molar-refractivity contribution in [3.63, 3.8) is 0 Å². The van der Waals surface area contributed by atoms with Crippen LogP contribution in [0.2, 0.25) is 5.02 Å². The molecule has 0 atom stereocenters. The van der Waals surface area contributed by atoms with Crippen molar-refractivity contribution in [1.82, 2.24) is 29.9 Å². The number of carbonyl (C=O) groups excluding carboxylic acids is 1. The number of benzene rings is 1. The molecule has 2 N–H and O–H groups in total. The van der Waals surface area contributed by atoms with Crippen molar-refractivity contribution in [3.8, 4) is 22.6 Å². The highest BCUT2D eigenvalue weighted by Gasteiger charge is 2.24. The molecular formula is C21H14ClN7O2. The Labute approximate surface area is 180 Å². The highest BCUT2D eigenvalue weighted by atomic mass is 35.5. The average Bonchev–Trinajstić information content (AvgIpc) is 3.45. The molecular weight excluding hydrogens is 418 g/mol. The van der Waals surface area contributed by atoms with Crippen molar-refractivity contribution in [2.24, 2.45) is 7.05 Å². The van der Waals surface area contributed by atoms with Gasteiger partial charge in [-0.2, -0.15) is 5.10 Å². The van der Waals surface area contributed by atoms with Crippen LogP contribution >= 0.6 is 11.6 Å². The highest BCUT2D eigenvalue weighted by molar-refractivity contribution is 6.35. The molecule has 0 radical (unpaired) electrons. The number of nitrogens with two attached hydrogens (primary N) is 1. The van der Waals surface area contributed by atoms with E-state index in [-0.39, 0.29) is 17.2 Å². The van der Waals surface area contributed by atoms with Crippen LogP contribution in [0.4, 0.5) is 5.82 Å². The van der Waals surface area contributed by atoms with E-state index in [2.05, 4.69) is 25.2 Å². The van der Waals surface area contributed by atoms with Crippen molar-refractivity contribution in [2.75, 3.05) is 5.73 Å². The Morgan fingerprint density at radius 1 is 1.16 bits per heavy atom. The van der Waals surface area contributed by atoms with Crippen molar-refractivity contribution in [1.29, 1.82) is 0 Å². The van der Waals surface area contributed by atoms with Crippen LogP contribution < -0.4 is 5.73 Å². The predicted octanol–water partition coefficient (Wildman–Crippen LogP) is 3.55. The number of fused-ring (bicyclic) bond motifs is 1. The molecule has 152 valence electrons. The van der Waals surface area contributed by atoms with Gasteiger partial charge < -0.3 is 10.3 Å². The summed E-state index contributed by atoms with van der Waals surface area (Å²) < 4.78 is 6.42. The first kappa shape index (κ1) is 18.9. The van der Waals surface area contributed by atoms with Crippen LogP contribution in [0.25, 0.3) is 33.5 Å². The van der Waals surface area contributed by atoms with Crippen molar-refractivity contribution < 1.29 is 9.32 Å². The molecule has 4 heterocycles. The number of nitrogen functional groups attached to an aromatic ring is 1. The minimum Gasteiger partial charge on any atom is -0.382 e.